The molecule has 3 fully saturated rings. The van der Waals surface area contributed by atoms with Gasteiger partial charge in [0.2, 0.25) is 23.6 Å². The number of phenols is 1. The number of hydrogen-bond donors (Lipinski definition) is 1. The maximum atomic E-state index is 15.1. The number of carbonyl (C=O) groups excluding carboxylic acids is 4. The zero-order valence-corrected chi connectivity index (χ0v) is 31.7. The van der Waals surface area contributed by atoms with Gasteiger partial charge >= 0.3 is 0 Å². The van der Waals surface area contributed by atoms with Crippen LogP contribution < -0.4 is 9.64 Å². The number of hydrogen-bond acceptors (Lipinski definition) is 9. The van der Waals surface area contributed by atoms with E-state index in [4.69, 9.17) is 21.4 Å². The fourth-order valence-corrected chi connectivity index (χ4v) is 11.5. The molecule has 10 nitrogen and oxygen atoms in total. The number of nitrogens with zero attached hydrogens (tertiary/aromatic N) is 4. The molecule has 53 heavy (non-hydrogen) atoms. The van der Waals surface area contributed by atoms with Crippen molar-refractivity contribution in [3.63, 3.8) is 0 Å². The van der Waals surface area contributed by atoms with E-state index < -0.39 is 46.8 Å². The highest BCUT2D eigenvalue weighted by atomic mass is 35.5. The quantitative estimate of drug-likeness (QED) is 0.141. The topological polar surface area (TPSA) is 122 Å². The summed E-state index contributed by atoms with van der Waals surface area (Å²) in [6, 6.07) is 16.2. The third-order valence-corrected chi connectivity index (χ3v) is 14.4. The van der Waals surface area contributed by atoms with Crippen LogP contribution in [0.5, 0.6) is 11.5 Å². The predicted octanol–water partition coefficient (Wildman–Crippen LogP) is 7.47. The fraction of sp³-hybridized carbons (Fsp3) is 0.325. The number of fused-ring (bicyclic) bond motifs is 5. The molecule has 2 aliphatic carbocycles. The third kappa shape index (κ3) is 4.77. The second-order valence-electron chi connectivity index (χ2n) is 14.6. The van der Waals surface area contributed by atoms with Gasteiger partial charge in [-0.15, -0.1) is 22.7 Å². The van der Waals surface area contributed by atoms with Crippen molar-refractivity contribution in [2.75, 3.05) is 12.0 Å². The van der Waals surface area contributed by atoms with E-state index in [0.29, 0.717) is 34.3 Å². The van der Waals surface area contributed by atoms with E-state index in [1.165, 1.54) is 28.2 Å². The summed E-state index contributed by atoms with van der Waals surface area (Å²) in [7, 11) is 3.21. The molecule has 2 aromatic carbocycles. The zero-order valence-electron chi connectivity index (χ0n) is 29.3. The molecule has 0 bridgehead atoms. The number of rotatable bonds is 6. The average molecular weight is 767 g/mol. The number of benzene rings is 2. The SMILES string of the molecule is COc1cccc(O)c1C1C2=CCC3C(=O)N(Cc4cccs4)C(=O)C3C2CC2C(=O)N(c3cc(-c4sc5ccc(Cl)cc5c4C)nn3C)C(=O)C21C. The summed E-state index contributed by atoms with van der Waals surface area (Å²) in [6.45, 7) is 3.99. The third-order valence-electron chi connectivity index (χ3n) is 12.0. The summed E-state index contributed by atoms with van der Waals surface area (Å²) in [6.07, 6.45) is 2.48. The van der Waals surface area contributed by atoms with Crippen molar-refractivity contribution >= 4 is 73.8 Å². The van der Waals surface area contributed by atoms with E-state index in [0.717, 1.165) is 31.0 Å². The number of methoxy groups -OCH3 is 1. The number of aryl methyl sites for hydroxylation is 2. The molecule has 0 spiro atoms. The summed E-state index contributed by atoms with van der Waals surface area (Å²) in [5, 5.41) is 19.9. The van der Waals surface area contributed by atoms with Crippen molar-refractivity contribution < 1.29 is 29.0 Å². The second-order valence-corrected chi connectivity index (χ2v) is 17.1. The van der Waals surface area contributed by atoms with Crippen LogP contribution in [0.2, 0.25) is 5.02 Å². The molecule has 1 saturated carbocycles. The number of ether oxygens (including phenoxy) is 1. The van der Waals surface area contributed by atoms with Crippen LogP contribution in [0.3, 0.4) is 0 Å². The van der Waals surface area contributed by atoms with Gasteiger partial charge < -0.3 is 9.84 Å². The van der Waals surface area contributed by atoms with Crippen molar-refractivity contribution in [2.45, 2.75) is 39.2 Å². The van der Waals surface area contributed by atoms with Crippen LogP contribution in [0.25, 0.3) is 20.7 Å². The number of thiophene rings is 2. The van der Waals surface area contributed by atoms with Crippen molar-refractivity contribution in [3.8, 4) is 22.1 Å². The van der Waals surface area contributed by atoms with Gasteiger partial charge in [0.15, 0.2) is 0 Å². The summed E-state index contributed by atoms with van der Waals surface area (Å²) < 4.78 is 8.40. The molecule has 1 N–H and O–H groups in total. The Balaban J connectivity index is 1.16. The number of aromatic hydroxyl groups is 1. The normalized spacial score (nSPS) is 26.7. The molecular weight excluding hydrogens is 732 g/mol. The van der Waals surface area contributed by atoms with Gasteiger partial charge in [-0.1, -0.05) is 35.4 Å². The van der Waals surface area contributed by atoms with Crippen LogP contribution in [0.1, 0.15) is 41.7 Å². The molecule has 5 heterocycles. The number of aromatic nitrogens is 2. The second kappa shape index (κ2) is 12.1. The Hall–Kier alpha value is -4.78. The van der Waals surface area contributed by atoms with Crippen molar-refractivity contribution in [1.29, 1.82) is 0 Å². The molecule has 4 amide bonds. The van der Waals surface area contributed by atoms with Gasteiger partial charge in [0.05, 0.1) is 41.7 Å². The molecule has 9 rings (SSSR count). The zero-order chi connectivity index (χ0) is 37.1. The molecule has 5 aromatic rings. The van der Waals surface area contributed by atoms with Crippen LogP contribution in [0, 0.1) is 36.0 Å². The number of likely N-dealkylation sites (tertiary alicyclic amines) is 1. The Morgan fingerprint density at radius 2 is 1.85 bits per heavy atom. The van der Waals surface area contributed by atoms with Gasteiger partial charge in [-0.3, -0.25) is 28.8 Å². The highest BCUT2D eigenvalue weighted by Gasteiger charge is 2.68. The summed E-state index contributed by atoms with van der Waals surface area (Å²) in [4.78, 5) is 62.5. The van der Waals surface area contributed by atoms with E-state index in [9.17, 15) is 19.5 Å². The molecule has 6 unspecified atom stereocenters. The first kappa shape index (κ1) is 34.0. The lowest BCUT2D eigenvalue weighted by atomic mass is 9.51. The lowest BCUT2D eigenvalue weighted by Gasteiger charge is -2.49. The van der Waals surface area contributed by atoms with Crippen LogP contribution in [-0.4, -0.2) is 50.5 Å². The van der Waals surface area contributed by atoms with Crippen molar-refractivity contribution in [1.82, 2.24) is 14.7 Å². The molecule has 6 atom stereocenters. The number of allylic oxidation sites excluding steroid dienone is 2. The largest absolute Gasteiger partial charge is 0.508 e. The van der Waals surface area contributed by atoms with Gasteiger partial charge in [0, 0.05) is 39.2 Å². The van der Waals surface area contributed by atoms with Crippen LogP contribution in [-0.2, 0) is 32.8 Å². The van der Waals surface area contributed by atoms with Gasteiger partial charge in [-0.25, -0.2) is 4.90 Å². The highest BCUT2D eigenvalue weighted by molar-refractivity contribution is 7.22. The predicted molar refractivity (Wildman–Crippen MR) is 203 cm³/mol. The summed E-state index contributed by atoms with van der Waals surface area (Å²) >= 11 is 9.37. The highest BCUT2D eigenvalue weighted by Crippen LogP contribution is 2.65. The minimum absolute atomic E-state index is 0.0759. The lowest BCUT2D eigenvalue weighted by molar-refractivity contribution is -0.141. The molecule has 270 valence electrons. The van der Waals surface area contributed by atoms with E-state index in [2.05, 4.69) is 0 Å². The number of phenolic OH excluding ortho intramolecular Hbond substituents is 1. The number of anilines is 1. The minimum atomic E-state index is -1.37. The van der Waals surface area contributed by atoms with Gasteiger partial charge in [-0.2, -0.15) is 5.10 Å². The van der Waals surface area contributed by atoms with Crippen molar-refractivity contribution in [3.05, 3.63) is 92.7 Å². The monoisotopic (exact) mass is 766 g/mol. The number of halogens is 1. The molecule has 3 aromatic heterocycles. The molecule has 13 heteroatoms. The number of carbonyl (C=O) groups is 4. The number of amides is 4. The summed E-state index contributed by atoms with van der Waals surface area (Å²) in [5.41, 5.74) is 1.42. The molecule has 2 saturated heterocycles. The van der Waals surface area contributed by atoms with Crippen LogP contribution in [0.4, 0.5) is 5.82 Å². The van der Waals surface area contributed by atoms with Gasteiger partial charge in [0.25, 0.3) is 0 Å². The van der Waals surface area contributed by atoms with E-state index >= 15 is 4.79 Å². The van der Waals surface area contributed by atoms with Crippen LogP contribution >= 0.6 is 34.3 Å². The fourth-order valence-electron chi connectivity index (χ4n) is 9.54. The maximum Gasteiger partial charge on any atom is 0.242 e. The van der Waals surface area contributed by atoms with Gasteiger partial charge in [-0.05, 0) is 85.3 Å². The van der Waals surface area contributed by atoms with E-state index in [1.54, 1.807) is 54.3 Å². The Morgan fingerprint density at radius 1 is 1.04 bits per heavy atom. The lowest BCUT2D eigenvalue weighted by Crippen LogP contribution is -2.49. The molecule has 2 aliphatic heterocycles. The van der Waals surface area contributed by atoms with E-state index in [1.807, 2.05) is 48.7 Å². The van der Waals surface area contributed by atoms with Gasteiger partial charge in [0.1, 0.15) is 23.0 Å². The first-order valence-electron chi connectivity index (χ1n) is 17.5. The average Bonchev–Trinajstić information content (AvgIpc) is 3.95. The first-order chi connectivity index (χ1) is 25.4. The van der Waals surface area contributed by atoms with Crippen molar-refractivity contribution in [2.24, 2.45) is 36.1 Å². The first-order valence-corrected chi connectivity index (χ1v) is 19.6. The standard InChI is InChI=1S/C40H35ClN4O6S2/c1-19-24-15-20(41)10-13-30(24)53-35(19)27-17-31(43(3)42-27)45-37(48)26-16-25-22(34(40(26,2)39(45)50)33-28(46)8-5-9-29(33)51-4)11-12-23-32(25)38(49)44(36(23)47)18-21-7-6-14-52-21/h5-11,13-15,17,23,25-26,32,34,46H,12,16,18H2,1-4H3. The Labute approximate surface area is 318 Å². The Morgan fingerprint density at radius 3 is 2.60 bits per heavy atom. The summed E-state index contributed by atoms with van der Waals surface area (Å²) in [5.74, 6) is -4.16. The smallest absolute Gasteiger partial charge is 0.242 e. The van der Waals surface area contributed by atoms with Crippen LogP contribution in [0.15, 0.2) is 71.6 Å². The molecule has 4 aliphatic rings. The number of imide groups is 2. The maximum absolute atomic E-state index is 15.1. The Kier molecular flexibility index (Phi) is 7.78. The minimum Gasteiger partial charge on any atom is -0.508 e. The Bertz CT molecular complexity index is 2430. The molecular formula is C40H35ClN4O6S2. The van der Waals surface area contributed by atoms with E-state index in [-0.39, 0.29) is 30.5 Å². The molecule has 0 radical (unpaired) electrons.